The quantitative estimate of drug-likeness (QED) is 0.560. The number of benzene rings is 1. The highest BCUT2D eigenvalue weighted by Crippen LogP contribution is 2.19. The number of H-pyrrole nitrogens is 1. The molecule has 0 atom stereocenters. The first-order valence-corrected chi connectivity index (χ1v) is 8.85. The second-order valence-corrected chi connectivity index (χ2v) is 6.34. The van der Waals surface area contributed by atoms with Crippen molar-refractivity contribution in [2.75, 3.05) is 6.54 Å². The number of allylic oxidation sites excluding steroid dienone is 1. The van der Waals surface area contributed by atoms with Crippen molar-refractivity contribution in [3.63, 3.8) is 0 Å². The Morgan fingerprint density at radius 1 is 1.08 bits per heavy atom. The number of amides is 2. The van der Waals surface area contributed by atoms with Gasteiger partial charge in [-0.1, -0.05) is 29.8 Å². The van der Waals surface area contributed by atoms with Gasteiger partial charge in [0.1, 0.15) is 0 Å². The Morgan fingerprint density at radius 2 is 1.85 bits per heavy atom. The molecule has 0 bridgehead atoms. The van der Waals surface area contributed by atoms with Gasteiger partial charge in [-0.05, 0) is 38.2 Å². The summed E-state index contributed by atoms with van der Waals surface area (Å²) in [5.41, 5.74) is 1.57. The number of fused-ring (bicyclic) bond motifs is 1. The first-order chi connectivity index (χ1) is 12.6. The van der Waals surface area contributed by atoms with Crippen LogP contribution in [0.3, 0.4) is 0 Å². The second-order valence-electron chi connectivity index (χ2n) is 6.34. The lowest BCUT2D eigenvalue weighted by atomic mass is 9.97. The van der Waals surface area contributed by atoms with Crippen LogP contribution in [0.15, 0.2) is 40.7 Å². The van der Waals surface area contributed by atoms with E-state index in [1.54, 1.807) is 24.3 Å². The van der Waals surface area contributed by atoms with E-state index < -0.39 is 11.8 Å². The fourth-order valence-corrected chi connectivity index (χ4v) is 3.10. The number of carbonyl (C=O) groups is 2. The van der Waals surface area contributed by atoms with E-state index in [2.05, 4.69) is 26.9 Å². The van der Waals surface area contributed by atoms with Gasteiger partial charge in [-0.3, -0.25) is 14.4 Å². The monoisotopic (exact) mass is 354 g/mol. The Labute approximate surface area is 150 Å². The zero-order valence-corrected chi connectivity index (χ0v) is 14.5. The van der Waals surface area contributed by atoms with Gasteiger partial charge in [0, 0.05) is 11.9 Å². The van der Waals surface area contributed by atoms with E-state index >= 15 is 0 Å². The van der Waals surface area contributed by atoms with Crippen molar-refractivity contribution in [3.05, 3.63) is 52.0 Å². The van der Waals surface area contributed by atoms with Crippen molar-refractivity contribution in [2.45, 2.75) is 38.6 Å². The van der Waals surface area contributed by atoms with Crippen molar-refractivity contribution in [2.24, 2.45) is 0 Å². The number of rotatable bonds is 5. The van der Waals surface area contributed by atoms with Crippen LogP contribution < -0.4 is 16.2 Å². The summed E-state index contributed by atoms with van der Waals surface area (Å²) < 4.78 is 0. The van der Waals surface area contributed by atoms with Crippen LogP contribution >= 0.6 is 0 Å². The first-order valence-electron chi connectivity index (χ1n) is 8.85. The second kappa shape index (κ2) is 8.42. The predicted molar refractivity (Wildman–Crippen MR) is 98.4 cm³/mol. The van der Waals surface area contributed by atoms with Crippen LogP contribution in [0.2, 0.25) is 0 Å². The Kier molecular flexibility index (Phi) is 5.78. The maximum atomic E-state index is 12.0. The van der Waals surface area contributed by atoms with Gasteiger partial charge in [-0.15, -0.1) is 0 Å². The summed E-state index contributed by atoms with van der Waals surface area (Å²) in [6, 6.07) is 7.00. The molecule has 26 heavy (non-hydrogen) atoms. The van der Waals surface area contributed by atoms with E-state index in [0.717, 1.165) is 19.3 Å². The van der Waals surface area contributed by atoms with Crippen LogP contribution in [-0.2, 0) is 16.1 Å². The highest BCUT2D eigenvalue weighted by molar-refractivity contribution is 6.35. The Bertz CT molecular complexity index is 901. The van der Waals surface area contributed by atoms with Crippen molar-refractivity contribution >= 4 is 22.6 Å². The summed E-state index contributed by atoms with van der Waals surface area (Å²) >= 11 is 0. The normalized spacial score (nSPS) is 13.9. The van der Waals surface area contributed by atoms with Gasteiger partial charge in [-0.25, -0.2) is 5.10 Å². The fraction of sp³-hybridized carbons (Fsp3) is 0.368. The van der Waals surface area contributed by atoms with Crippen LogP contribution in [0.4, 0.5) is 0 Å². The number of hydrogen-bond donors (Lipinski definition) is 3. The summed E-state index contributed by atoms with van der Waals surface area (Å²) in [6.07, 6.45) is 7.61. The smallest absolute Gasteiger partial charge is 0.309 e. The SMILES string of the molecule is O=C(NCCC1=CCCCC1)C(=O)NCc1n[nH]c(=O)c2ccccc12. The standard InChI is InChI=1S/C19H22N4O3/c24-17-15-9-5-4-8-14(15)16(22-23-17)12-21-19(26)18(25)20-11-10-13-6-2-1-3-7-13/h4-6,8-9H,1-3,7,10-12H2,(H,20,25)(H,21,26)(H,23,24). The van der Waals surface area contributed by atoms with Crippen LogP contribution in [0.5, 0.6) is 0 Å². The zero-order chi connectivity index (χ0) is 18.4. The summed E-state index contributed by atoms with van der Waals surface area (Å²) in [7, 11) is 0. The minimum Gasteiger partial charge on any atom is -0.348 e. The van der Waals surface area contributed by atoms with Crippen molar-refractivity contribution in [1.82, 2.24) is 20.8 Å². The Morgan fingerprint density at radius 3 is 2.62 bits per heavy atom. The van der Waals surface area contributed by atoms with Gasteiger partial charge in [0.2, 0.25) is 0 Å². The molecule has 7 heteroatoms. The number of nitrogens with zero attached hydrogens (tertiary/aromatic N) is 1. The molecular formula is C19H22N4O3. The van der Waals surface area contributed by atoms with E-state index in [0.29, 0.717) is 23.0 Å². The number of hydrogen-bond acceptors (Lipinski definition) is 4. The van der Waals surface area contributed by atoms with E-state index in [-0.39, 0.29) is 12.1 Å². The number of carbonyl (C=O) groups excluding carboxylic acids is 2. The third-order valence-corrected chi connectivity index (χ3v) is 4.51. The molecule has 2 aromatic rings. The van der Waals surface area contributed by atoms with Gasteiger partial charge in [0.25, 0.3) is 5.56 Å². The van der Waals surface area contributed by atoms with E-state index in [4.69, 9.17) is 0 Å². The minimum absolute atomic E-state index is 0.0642. The van der Waals surface area contributed by atoms with Gasteiger partial charge < -0.3 is 10.6 Å². The van der Waals surface area contributed by atoms with Crippen LogP contribution in [0, 0.1) is 0 Å². The van der Waals surface area contributed by atoms with E-state index in [9.17, 15) is 14.4 Å². The molecule has 0 fully saturated rings. The first kappa shape index (κ1) is 17.8. The molecule has 0 spiro atoms. The summed E-state index contributed by atoms with van der Waals surface area (Å²) in [6.45, 7) is 0.520. The number of aromatic amines is 1. The highest BCUT2D eigenvalue weighted by atomic mass is 16.2. The van der Waals surface area contributed by atoms with Crippen molar-refractivity contribution in [1.29, 1.82) is 0 Å². The minimum atomic E-state index is -0.709. The molecule has 0 aliphatic heterocycles. The maximum absolute atomic E-state index is 12.0. The third-order valence-electron chi connectivity index (χ3n) is 4.51. The largest absolute Gasteiger partial charge is 0.348 e. The average Bonchev–Trinajstić information content (AvgIpc) is 2.68. The summed E-state index contributed by atoms with van der Waals surface area (Å²) in [5, 5.41) is 12.7. The maximum Gasteiger partial charge on any atom is 0.309 e. The van der Waals surface area contributed by atoms with Gasteiger partial charge in [0.15, 0.2) is 0 Å². The molecule has 3 N–H and O–H groups in total. The van der Waals surface area contributed by atoms with Crippen molar-refractivity contribution < 1.29 is 9.59 Å². The Hall–Kier alpha value is -2.96. The molecule has 1 aromatic heterocycles. The topological polar surface area (TPSA) is 104 Å². The lowest BCUT2D eigenvalue weighted by molar-refractivity contribution is -0.139. The van der Waals surface area contributed by atoms with Crippen LogP contribution in [0.1, 0.15) is 37.8 Å². The van der Waals surface area contributed by atoms with E-state index in [1.165, 1.54) is 18.4 Å². The zero-order valence-electron chi connectivity index (χ0n) is 14.5. The number of nitrogens with one attached hydrogen (secondary N) is 3. The van der Waals surface area contributed by atoms with E-state index in [1.807, 2.05) is 0 Å². The summed E-state index contributed by atoms with van der Waals surface area (Å²) in [5.74, 6) is -1.37. The molecule has 1 aliphatic rings. The predicted octanol–water partition coefficient (Wildman–Crippen LogP) is 1.55. The van der Waals surface area contributed by atoms with Crippen LogP contribution in [0.25, 0.3) is 10.8 Å². The average molecular weight is 354 g/mol. The van der Waals surface area contributed by atoms with Gasteiger partial charge in [-0.2, -0.15) is 5.10 Å². The van der Waals surface area contributed by atoms with Crippen molar-refractivity contribution in [3.8, 4) is 0 Å². The van der Waals surface area contributed by atoms with Crippen LogP contribution in [-0.4, -0.2) is 28.6 Å². The molecule has 1 aromatic carbocycles. The summed E-state index contributed by atoms with van der Waals surface area (Å²) in [4.78, 5) is 35.6. The fourth-order valence-electron chi connectivity index (χ4n) is 3.10. The third kappa shape index (κ3) is 4.36. The number of aromatic nitrogens is 2. The molecule has 0 unspecified atom stereocenters. The van der Waals surface area contributed by atoms with Gasteiger partial charge >= 0.3 is 11.8 Å². The molecule has 2 amide bonds. The highest BCUT2D eigenvalue weighted by Gasteiger charge is 2.14. The molecular weight excluding hydrogens is 332 g/mol. The molecule has 0 saturated heterocycles. The van der Waals surface area contributed by atoms with Gasteiger partial charge in [0.05, 0.1) is 17.6 Å². The molecule has 0 radical (unpaired) electrons. The molecule has 1 aliphatic carbocycles. The molecule has 1 heterocycles. The molecule has 0 saturated carbocycles. The molecule has 136 valence electrons. The lowest BCUT2D eigenvalue weighted by Crippen LogP contribution is -2.40. The lowest BCUT2D eigenvalue weighted by Gasteiger charge is -2.13. The molecule has 7 nitrogen and oxygen atoms in total. The molecule has 3 rings (SSSR count). The Balaban J connectivity index is 1.52.